The van der Waals surface area contributed by atoms with Crippen molar-refractivity contribution < 1.29 is 9.53 Å². The molecule has 0 saturated carbocycles. The van der Waals surface area contributed by atoms with Crippen LogP contribution in [0.2, 0.25) is 10.0 Å². The molecular formula is C30H27Cl3N4O3. The molecule has 7 nitrogen and oxygen atoms in total. The Bertz CT molecular complexity index is 1750. The van der Waals surface area contributed by atoms with Gasteiger partial charge >= 0.3 is 0 Å². The van der Waals surface area contributed by atoms with Crippen LogP contribution in [0.15, 0.2) is 90.1 Å². The second-order valence-electron chi connectivity index (χ2n) is 9.33. The molecule has 206 valence electrons. The van der Waals surface area contributed by atoms with Crippen LogP contribution in [-0.4, -0.2) is 33.7 Å². The summed E-state index contributed by atoms with van der Waals surface area (Å²) in [6.45, 7) is -0.136. The van der Waals surface area contributed by atoms with E-state index < -0.39 is 5.54 Å². The van der Waals surface area contributed by atoms with Gasteiger partial charge in [-0.3, -0.25) is 9.59 Å². The number of carbonyl (C=O) groups excluding carboxylic acids is 1. The molecule has 2 aromatic heterocycles. The van der Waals surface area contributed by atoms with Crippen LogP contribution < -0.4 is 10.9 Å². The molecule has 5 aromatic rings. The smallest absolute Gasteiger partial charge is 0.251 e. The lowest BCUT2D eigenvalue weighted by molar-refractivity contribution is -0.126. The van der Waals surface area contributed by atoms with Crippen LogP contribution in [0.1, 0.15) is 16.8 Å². The fourth-order valence-corrected chi connectivity index (χ4v) is 5.37. The van der Waals surface area contributed by atoms with Crippen molar-refractivity contribution in [2.75, 3.05) is 13.7 Å². The number of rotatable bonds is 7. The highest BCUT2D eigenvalue weighted by atomic mass is 35.5. The number of fused-ring (bicyclic) bond motifs is 1. The summed E-state index contributed by atoms with van der Waals surface area (Å²) in [7, 11) is 5.08. The molecule has 2 heterocycles. The molecule has 1 unspecified atom stereocenters. The van der Waals surface area contributed by atoms with E-state index in [1.807, 2.05) is 60.1 Å². The van der Waals surface area contributed by atoms with Gasteiger partial charge < -0.3 is 19.2 Å². The van der Waals surface area contributed by atoms with Gasteiger partial charge in [0.2, 0.25) is 5.91 Å². The Balaban J connectivity index is 0.00000370. The zero-order chi connectivity index (χ0) is 27.7. The third-order valence-corrected chi connectivity index (χ3v) is 7.38. The van der Waals surface area contributed by atoms with Crippen LogP contribution in [0.25, 0.3) is 22.0 Å². The van der Waals surface area contributed by atoms with Crippen molar-refractivity contribution in [2.45, 2.75) is 5.54 Å². The summed E-state index contributed by atoms with van der Waals surface area (Å²) >= 11 is 12.6. The molecule has 0 saturated heterocycles. The minimum Gasteiger partial charge on any atom is -0.375 e. The van der Waals surface area contributed by atoms with E-state index in [4.69, 9.17) is 27.9 Å². The predicted octanol–water partition coefficient (Wildman–Crippen LogP) is 5.72. The van der Waals surface area contributed by atoms with Gasteiger partial charge in [0.05, 0.1) is 23.7 Å². The number of methoxy groups -OCH3 is 1. The first-order valence-corrected chi connectivity index (χ1v) is 12.9. The predicted molar refractivity (Wildman–Crippen MR) is 161 cm³/mol. The number of nitrogens with zero attached hydrogens (tertiary/aromatic N) is 3. The van der Waals surface area contributed by atoms with Crippen molar-refractivity contribution in [1.82, 2.24) is 19.4 Å². The molecule has 5 rings (SSSR count). The van der Waals surface area contributed by atoms with Gasteiger partial charge in [0, 0.05) is 42.7 Å². The molecule has 0 fully saturated rings. The number of benzene rings is 3. The third kappa shape index (κ3) is 5.25. The molecule has 1 N–H and O–H groups in total. The highest BCUT2D eigenvalue weighted by Crippen LogP contribution is 2.40. The van der Waals surface area contributed by atoms with Gasteiger partial charge in [-0.05, 0) is 58.7 Å². The van der Waals surface area contributed by atoms with E-state index in [-0.39, 0.29) is 30.5 Å². The van der Waals surface area contributed by atoms with E-state index in [1.54, 1.807) is 48.4 Å². The quantitative estimate of drug-likeness (QED) is 0.260. The second-order valence-corrected chi connectivity index (χ2v) is 10.2. The van der Waals surface area contributed by atoms with Crippen LogP contribution >= 0.6 is 35.6 Å². The van der Waals surface area contributed by atoms with Gasteiger partial charge in [0.1, 0.15) is 12.1 Å². The number of carbonyl (C=O) groups is 1. The van der Waals surface area contributed by atoms with Gasteiger partial charge in [0.25, 0.3) is 5.56 Å². The van der Waals surface area contributed by atoms with Gasteiger partial charge in [-0.25, -0.2) is 4.98 Å². The Morgan fingerprint density at radius 1 is 0.975 bits per heavy atom. The van der Waals surface area contributed by atoms with E-state index in [9.17, 15) is 9.59 Å². The molecule has 1 amide bonds. The SMILES string of the molecule is COCC(=O)NC(c1ccc(Cl)cc1)(c1ccc2c(c1)c(-c1cccc(Cl)c1)cc(=O)n2C)c1cncn1C.Cl. The van der Waals surface area contributed by atoms with Crippen molar-refractivity contribution in [3.8, 4) is 11.1 Å². The Hall–Kier alpha value is -3.62. The van der Waals surface area contributed by atoms with Crippen LogP contribution in [-0.2, 0) is 29.2 Å². The number of nitrogens with one attached hydrogen (secondary N) is 1. The summed E-state index contributed by atoms with van der Waals surface area (Å²) in [5, 5.41) is 5.18. The lowest BCUT2D eigenvalue weighted by Gasteiger charge is -2.36. The second kappa shape index (κ2) is 11.9. The number of amides is 1. The Morgan fingerprint density at radius 3 is 2.35 bits per heavy atom. The van der Waals surface area contributed by atoms with E-state index in [2.05, 4.69) is 10.3 Å². The van der Waals surface area contributed by atoms with E-state index in [0.717, 1.165) is 38.9 Å². The fourth-order valence-electron chi connectivity index (χ4n) is 5.05. The van der Waals surface area contributed by atoms with E-state index in [1.165, 1.54) is 7.11 Å². The van der Waals surface area contributed by atoms with Crippen molar-refractivity contribution in [2.24, 2.45) is 14.1 Å². The van der Waals surface area contributed by atoms with Crippen LogP contribution in [0, 0.1) is 0 Å². The zero-order valence-corrected chi connectivity index (χ0v) is 24.3. The maximum atomic E-state index is 13.2. The number of halogens is 3. The lowest BCUT2D eigenvalue weighted by Crippen LogP contribution is -2.50. The maximum Gasteiger partial charge on any atom is 0.251 e. The largest absolute Gasteiger partial charge is 0.375 e. The summed E-state index contributed by atoms with van der Waals surface area (Å²) in [5.41, 5.74) is 3.22. The number of aromatic nitrogens is 3. The maximum absolute atomic E-state index is 13.2. The van der Waals surface area contributed by atoms with Crippen molar-refractivity contribution >= 4 is 52.4 Å². The first-order chi connectivity index (χ1) is 18.7. The Kier molecular flexibility index (Phi) is 8.71. The fraction of sp³-hybridized carbons (Fsp3) is 0.167. The van der Waals surface area contributed by atoms with E-state index >= 15 is 0 Å². The van der Waals surface area contributed by atoms with Crippen molar-refractivity contribution in [1.29, 1.82) is 0 Å². The minimum atomic E-state index is -1.17. The summed E-state index contributed by atoms with van der Waals surface area (Å²) < 4.78 is 8.64. The highest BCUT2D eigenvalue weighted by Gasteiger charge is 2.40. The molecule has 0 bridgehead atoms. The molecule has 0 aliphatic rings. The first kappa shape index (κ1) is 29.4. The Labute approximate surface area is 247 Å². The number of ether oxygens (including phenoxy) is 1. The number of aryl methyl sites for hydroxylation is 2. The third-order valence-electron chi connectivity index (χ3n) is 6.90. The number of pyridine rings is 1. The van der Waals surface area contributed by atoms with Crippen molar-refractivity contribution in [3.63, 3.8) is 0 Å². The average molecular weight is 598 g/mol. The molecule has 40 heavy (non-hydrogen) atoms. The monoisotopic (exact) mass is 596 g/mol. The minimum absolute atomic E-state index is 0. The molecule has 0 spiro atoms. The standard InChI is InChI=1S/C30H26Cl2N4O3.ClH/c1-35-18-33-16-27(35)30(34-28(37)17-39-3,20-7-10-22(31)11-8-20)21-9-12-26-25(14-21)24(15-29(38)36(26)2)19-5-4-6-23(32)13-19;/h4-16,18H,17H2,1-3H3,(H,34,37);1H. The zero-order valence-electron chi connectivity index (χ0n) is 22.0. The first-order valence-electron chi connectivity index (χ1n) is 12.2. The Morgan fingerprint density at radius 2 is 1.70 bits per heavy atom. The van der Waals surface area contributed by atoms with E-state index in [0.29, 0.717) is 10.0 Å². The number of hydrogen-bond acceptors (Lipinski definition) is 4. The summed E-state index contributed by atoms with van der Waals surface area (Å²) in [5.74, 6) is -0.315. The summed E-state index contributed by atoms with van der Waals surface area (Å²) in [6, 6.07) is 22.1. The molecule has 1 atom stereocenters. The average Bonchev–Trinajstić information content (AvgIpc) is 3.36. The van der Waals surface area contributed by atoms with Crippen LogP contribution in [0.3, 0.4) is 0 Å². The lowest BCUT2D eigenvalue weighted by atomic mass is 9.79. The molecule has 0 aliphatic carbocycles. The van der Waals surface area contributed by atoms with Gasteiger partial charge in [-0.1, -0.05) is 53.5 Å². The normalized spacial score (nSPS) is 12.5. The molecule has 0 aliphatic heterocycles. The topological polar surface area (TPSA) is 78.2 Å². The van der Waals surface area contributed by atoms with Gasteiger partial charge in [-0.2, -0.15) is 0 Å². The molecule has 10 heteroatoms. The molecule has 0 radical (unpaired) electrons. The molecule has 3 aromatic carbocycles. The van der Waals surface area contributed by atoms with Gasteiger partial charge in [-0.15, -0.1) is 12.4 Å². The summed E-state index contributed by atoms with van der Waals surface area (Å²) in [6.07, 6.45) is 3.41. The number of hydrogen-bond donors (Lipinski definition) is 1. The summed E-state index contributed by atoms with van der Waals surface area (Å²) in [4.78, 5) is 30.5. The van der Waals surface area contributed by atoms with Crippen molar-refractivity contribution in [3.05, 3.63) is 123 Å². The molecular weight excluding hydrogens is 571 g/mol. The van der Waals surface area contributed by atoms with Crippen LogP contribution in [0.5, 0.6) is 0 Å². The highest BCUT2D eigenvalue weighted by molar-refractivity contribution is 6.31. The number of imidazole rings is 1. The van der Waals surface area contributed by atoms with Gasteiger partial charge in [0.15, 0.2) is 0 Å². The van der Waals surface area contributed by atoms with Crippen LogP contribution in [0.4, 0.5) is 0 Å².